The third-order valence-electron chi connectivity index (χ3n) is 5.06. The highest BCUT2D eigenvalue weighted by Crippen LogP contribution is 2.36. The van der Waals surface area contributed by atoms with Gasteiger partial charge in [0.05, 0.1) is 30.1 Å². The van der Waals surface area contributed by atoms with Crippen molar-refractivity contribution in [1.29, 1.82) is 0 Å². The van der Waals surface area contributed by atoms with E-state index in [-0.39, 0.29) is 36.2 Å². The minimum absolute atomic E-state index is 0.0259. The lowest BCUT2D eigenvalue weighted by Gasteiger charge is -2.26. The molecule has 2 aromatic carbocycles. The molecule has 0 radical (unpaired) electrons. The Hall–Kier alpha value is -2.87. The Morgan fingerprint density at radius 3 is 2.48 bits per heavy atom. The van der Waals surface area contributed by atoms with Gasteiger partial charge in [-0.15, -0.1) is 0 Å². The van der Waals surface area contributed by atoms with Gasteiger partial charge >= 0.3 is 0 Å². The summed E-state index contributed by atoms with van der Waals surface area (Å²) in [6, 6.07) is 10.4. The van der Waals surface area contributed by atoms with Crippen molar-refractivity contribution < 1.29 is 35.8 Å². The molecule has 1 N–H and O–H groups in total. The maximum Gasteiger partial charge on any atom is 0.245 e. The van der Waals surface area contributed by atoms with E-state index >= 15 is 0 Å². The number of hydrogen-bond donors (Lipinski definition) is 1. The number of hydrogen-bond acceptors (Lipinski definition) is 8. The van der Waals surface area contributed by atoms with E-state index in [9.17, 15) is 21.6 Å². The molecule has 0 saturated carbocycles. The fourth-order valence-electron chi connectivity index (χ4n) is 3.44. The van der Waals surface area contributed by atoms with E-state index in [4.69, 9.17) is 14.2 Å². The van der Waals surface area contributed by atoms with Crippen LogP contribution in [0.2, 0.25) is 0 Å². The van der Waals surface area contributed by atoms with Crippen molar-refractivity contribution in [3.8, 4) is 11.5 Å². The molecule has 2 heterocycles. The van der Waals surface area contributed by atoms with Crippen LogP contribution >= 0.6 is 0 Å². The Morgan fingerprint density at radius 1 is 1.03 bits per heavy atom. The molecule has 0 bridgehead atoms. The minimum atomic E-state index is -3.81. The zero-order valence-corrected chi connectivity index (χ0v) is 19.4. The maximum atomic E-state index is 12.9. The lowest BCUT2D eigenvalue weighted by molar-refractivity contribution is -0.114. The molecule has 1 saturated heterocycles. The Kier molecular flexibility index (Phi) is 6.47. The first kappa shape index (κ1) is 23.3. The van der Waals surface area contributed by atoms with Gasteiger partial charge in [-0.05, 0) is 30.3 Å². The largest absolute Gasteiger partial charge is 0.454 e. The van der Waals surface area contributed by atoms with E-state index in [1.54, 1.807) is 6.07 Å². The predicted octanol–water partition coefficient (Wildman–Crippen LogP) is 0.841. The summed E-state index contributed by atoms with van der Waals surface area (Å²) in [5, 5.41) is 2.57. The molecule has 178 valence electrons. The van der Waals surface area contributed by atoms with Crippen molar-refractivity contribution in [3.63, 3.8) is 0 Å². The monoisotopic (exact) mass is 497 g/mol. The van der Waals surface area contributed by atoms with Crippen molar-refractivity contribution in [2.75, 3.05) is 55.5 Å². The van der Waals surface area contributed by atoms with Gasteiger partial charge in [0.2, 0.25) is 32.7 Å². The number of morpholine rings is 1. The van der Waals surface area contributed by atoms with Gasteiger partial charge in [0, 0.05) is 24.8 Å². The molecule has 0 atom stereocenters. The fourth-order valence-corrected chi connectivity index (χ4v) is 5.74. The van der Waals surface area contributed by atoms with Gasteiger partial charge in [0.25, 0.3) is 0 Å². The summed E-state index contributed by atoms with van der Waals surface area (Å²) in [6.45, 7) is 0.643. The Bertz CT molecular complexity index is 1260. The number of carbonyl (C=O) groups is 1. The highest BCUT2D eigenvalue weighted by molar-refractivity contribution is 7.92. The third kappa shape index (κ3) is 5.21. The summed E-state index contributed by atoms with van der Waals surface area (Å²) >= 11 is 0. The molecule has 4 rings (SSSR count). The van der Waals surface area contributed by atoms with Crippen LogP contribution in [-0.2, 0) is 29.6 Å². The van der Waals surface area contributed by atoms with Gasteiger partial charge in [-0.2, -0.15) is 4.31 Å². The van der Waals surface area contributed by atoms with Crippen molar-refractivity contribution >= 4 is 37.3 Å². The highest BCUT2D eigenvalue weighted by atomic mass is 32.2. The van der Waals surface area contributed by atoms with E-state index in [1.807, 2.05) is 0 Å². The van der Waals surface area contributed by atoms with Gasteiger partial charge in [0.1, 0.15) is 6.54 Å². The summed E-state index contributed by atoms with van der Waals surface area (Å²) in [4.78, 5) is 12.7. The van der Waals surface area contributed by atoms with Gasteiger partial charge in [-0.1, -0.05) is 6.07 Å². The summed E-state index contributed by atoms with van der Waals surface area (Å²) < 4.78 is 68.4. The van der Waals surface area contributed by atoms with E-state index in [0.717, 1.165) is 10.6 Å². The molecular weight excluding hydrogens is 474 g/mol. The van der Waals surface area contributed by atoms with Crippen LogP contribution in [0.15, 0.2) is 47.4 Å². The molecule has 0 aliphatic carbocycles. The number of carbonyl (C=O) groups excluding carboxylic acids is 1. The van der Waals surface area contributed by atoms with Crippen LogP contribution in [-0.4, -0.2) is 72.9 Å². The van der Waals surface area contributed by atoms with Gasteiger partial charge < -0.3 is 19.5 Å². The van der Waals surface area contributed by atoms with Crippen LogP contribution in [0.5, 0.6) is 11.5 Å². The van der Waals surface area contributed by atoms with E-state index in [0.29, 0.717) is 24.7 Å². The van der Waals surface area contributed by atoms with Crippen LogP contribution in [0, 0.1) is 0 Å². The summed E-state index contributed by atoms with van der Waals surface area (Å²) in [5.41, 5.74) is 0.467. The number of rotatable bonds is 7. The van der Waals surface area contributed by atoms with Crippen LogP contribution < -0.4 is 19.1 Å². The minimum Gasteiger partial charge on any atom is -0.454 e. The molecule has 1 fully saturated rings. The highest BCUT2D eigenvalue weighted by Gasteiger charge is 2.27. The fraction of sp³-hybridized carbons (Fsp3) is 0.350. The predicted molar refractivity (Wildman–Crippen MR) is 119 cm³/mol. The van der Waals surface area contributed by atoms with Crippen LogP contribution in [0.1, 0.15) is 0 Å². The third-order valence-corrected chi connectivity index (χ3v) is 8.09. The molecule has 2 aliphatic heterocycles. The molecule has 33 heavy (non-hydrogen) atoms. The zero-order chi connectivity index (χ0) is 23.6. The molecule has 2 aliphatic rings. The number of nitrogens with zero attached hydrogens (tertiary/aromatic N) is 2. The number of benzene rings is 2. The molecule has 0 aromatic heterocycles. The SMILES string of the molecule is CS(=O)(=O)N(CC(=O)Nc1cccc(S(=O)(=O)N2CCOCC2)c1)c1ccc2c(c1)OCO2. The van der Waals surface area contributed by atoms with Crippen LogP contribution in [0.25, 0.3) is 0 Å². The van der Waals surface area contributed by atoms with E-state index < -0.39 is 32.5 Å². The van der Waals surface area contributed by atoms with Crippen LogP contribution in [0.4, 0.5) is 11.4 Å². The van der Waals surface area contributed by atoms with Crippen molar-refractivity contribution in [1.82, 2.24) is 4.31 Å². The van der Waals surface area contributed by atoms with Crippen LogP contribution in [0.3, 0.4) is 0 Å². The number of anilines is 2. The van der Waals surface area contributed by atoms with E-state index in [1.165, 1.54) is 40.7 Å². The summed E-state index contributed by atoms with van der Waals surface area (Å²) in [6.07, 6.45) is 0.987. The molecule has 0 spiro atoms. The number of sulfonamides is 2. The second-order valence-corrected chi connectivity index (χ2v) is 11.2. The quantitative estimate of drug-likeness (QED) is 0.595. The first-order valence-electron chi connectivity index (χ1n) is 10.00. The molecule has 0 unspecified atom stereocenters. The van der Waals surface area contributed by atoms with Gasteiger partial charge in [-0.25, -0.2) is 16.8 Å². The van der Waals surface area contributed by atoms with E-state index in [2.05, 4.69) is 5.32 Å². The lowest BCUT2D eigenvalue weighted by Crippen LogP contribution is -2.40. The van der Waals surface area contributed by atoms with Crippen molar-refractivity contribution in [2.45, 2.75) is 4.90 Å². The summed E-state index contributed by atoms with van der Waals surface area (Å²) in [7, 11) is -7.55. The topological polar surface area (TPSA) is 132 Å². The maximum absolute atomic E-state index is 12.9. The number of fused-ring (bicyclic) bond motifs is 1. The Labute approximate surface area is 191 Å². The average Bonchev–Trinajstić information content (AvgIpc) is 3.25. The smallest absolute Gasteiger partial charge is 0.245 e. The zero-order valence-electron chi connectivity index (χ0n) is 17.8. The second-order valence-electron chi connectivity index (χ2n) is 7.40. The second kappa shape index (κ2) is 9.17. The summed E-state index contributed by atoms with van der Waals surface area (Å²) in [5.74, 6) is 0.219. The number of amides is 1. The van der Waals surface area contributed by atoms with Crippen molar-refractivity contribution in [3.05, 3.63) is 42.5 Å². The molecular formula is C20H23N3O8S2. The molecule has 2 aromatic rings. The normalized spacial score (nSPS) is 16.4. The first-order chi connectivity index (χ1) is 15.6. The first-order valence-corrected chi connectivity index (χ1v) is 13.3. The Balaban J connectivity index is 1.51. The molecule has 11 nitrogen and oxygen atoms in total. The molecule has 1 amide bonds. The average molecular weight is 498 g/mol. The number of nitrogens with one attached hydrogen (secondary N) is 1. The number of ether oxygens (including phenoxy) is 3. The van der Waals surface area contributed by atoms with Gasteiger partial charge in [0.15, 0.2) is 11.5 Å². The Morgan fingerprint density at radius 2 is 1.76 bits per heavy atom. The molecule has 13 heteroatoms. The standard InChI is InChI=1S/C20H23N3O8S2/c1-32(25,26)23(16-5-6-18-19(12-16)31-14-30-18)13-20(24)21-15-3-2-4-17(11-15)33(27,28)22-7-9-29-10-8-22/h2-6,11-12H,7-10,13-14H2,1H3,(H,21,24). The van der Waals surface area contributed by atoms with Crippen molar-refractivity contribution in [2.24, 2.45) is 0 Å². The van der Waals surface area contributed by atoms with Gasteiger partial charge in [-0.3, -0.25) is 9.10 Å². The lowest BCUT2D eigenvalue weighted by atomic mass is 10.2.